The van der Waals surface area contributed by atoms with E-state index in [0.717, 1.165) is 47.4 Å². The molecule has 3 heterocycles. The van der Waals surface area contributed by atoms with Crippen molar-refractivity contribution in [1.29, 1.82) is 0 Å². The van der Waals surface area contributed by atoms with Crippen molar-refractivity contribution >= 4 is 16.9 Å². The molecule has 0 saturated carbocycles. The molecule has 0 unspecified atom stereocenters. The summed E-state index contributed by atoms with van der Waals surface area (Å²) in [7, 11) is 3.50. The number of likely N-dealkylation sites (tertiary alicyclic amines) is 1. The fraction of sp³-hybridized carbons (Fsp3) is 0.682. The van der Waals surface area contributed by atoms with Crippen molar-refractivity contribution in [2.45, 2.75) is 58.8 Å². The number of fused-ring (bicyclic) bond motifs is 1. The van der Waals surface area contributed by atoms with Crippen molar-refractivity contribution in [2.75, 3.05) is 33.3 Å². The zero-order valence-electron chi connectivity index (χ0n) is 18.4. The second kappa shape index (κ2) is 10.1. The monoisotopic (exact) mass is 401 g/mol. The molecule has 1 aliphatic rings. The van der Waals surface area contributed by atoms with Crippen LogP contribution in [0.4, 0.5) is 0 Å². The molecule has 0 bridgehead atoms. The van der Waals surface area contributed by atoms with Gasteiger partial charge in [-0.3, -0.25) is 4.79 Å². The van der Waals surface area contributed by atoms with Gasteiger partial charge in [-0.1, -0.05) is 12.8 Å². The highest BCUT2D eigenvalue weighted by Gasteiger charge is 2.18. The first-order chi connectivity index (χ1) is 14.0. The fourth-order valence-corrected chi connectivity index (χ4v) is 4.32. The number of amides is 1. The zero-order valence-corrected chi connectivity index (χ0v) is 18.4. The topological polar surface area (TPSA) is 72.3 Å². The Kier molecular flexibility index (Phi) is 7.47. The summed E-state index contributed by atoms with van der Waals surface area (Å²) in [4.78, 5) is 19.6. The number of rotatable bonds is 8. The first-order valence-electron chi connectivity index (χ1n) is 10.9. The normalized spacial score (nSPS) is 15.4. The van der Waals surface area contributed by atoms with E-state index in [2.05, 4.69) is 22.2 Å². The molecule has 0 atom stereocenters. The van der Waals surface area contributed by atoms with Gasteiger partial charge in [0.1, 0.15) is 0 Å². The lowest BCUT2D eigenvalue weighted by Crippen LogP contribution is -2.30. The van der Waals surface area contributed by atoms with Crippen LogP contribution in [0.5, 0.6) is 5.88 Å². The molecule has 0 radical (unpaired) electrons. The molecule has 29 heavy (non-hydrogen) atoms. The largest absolute Gasteiger partial charge is 0.479 e. The van der Waals surface area contributed by atoms with Crippen LogP contribution in [0.2, 0.25) is 0 Å². The van der Waals surface area contributed by atoms with Crippen molar-refractivity contribution in [2.24, 2.45) is 7.05 Å². The average Bonchev–Trinajstić information content (AvgIpc) is 2.86. The number of hydrogen-bond donors (Lipinski definition) is 1. The van der Waals surface area contributed by atoms with Crippen LogP contribution in [0, 0.1) is 13.8 Å². The summed E-state index contributed by atoms with van der Waals surface area (Å²) in [5.74, 6) is 0.699. The molecule has 0 aromatic carbocycles. The Bertz CT molecular complexity index is 838. The summed E-state index contributed by atoms with van der Waals surface area (Å²) in [6.45, 7) is 8.32. The molecule has 1 N–H and O–H groups in total. The summed E-state index contributed by atoms with van der Waals surface area (Å²) >= 11 is 0. The van der Waals surface area contributed by atoms with E-state index in [9.17, 15) is 4.79 Å². The van der Waals surface area contributed by atoms with Crippen molar-refractivity contribution in [3.8, 4) is 5.88 Å². The van der Waals surface area contributed by atoms with Crippen molar-refractivity contribution in [3.05, 3.63) is 16.8 Å². The summed E-state index contributed by atoms with van der Waals surface area (Å²) in [6.07, 6.45) is 7.51. The van der Waals surface area contributed by atoms with Crippen molar-refractivity contribution in [1.82, 2.24) is 25.0 Å². The fourth-order valence-electron chi connectivity index (χ4n) is 4.32. The van der Waals surface area contributed by atoms with Gasteiger partial charge < -0.3 is 15.0 Å². The molecule has 1 aliphatic heterocycles. The Labute approximate surface area is 173 Å². The number of ether oxygens (including phenoxy) is 1. The first kappa shape index (κ1) is 21.6. The van der Waals surface area contributed by atoms with E-state index in [4.69, 9.17) is 9.72 Å². The predicted octanol–water partition coefficient (Wildman–Crippen LogP) is 2.91. The molecule has 1 saturated heterocycles. The third-order valence-corrected chi connectivity index (χ3v) is 5.99. The van der Waals surface area contributed by atoms with Gasteiger partial charge >= 0.3 is 0 Å². The third kappa shape index (κ3) is 5.26. The van der Waals surface area contributed by atoms with Gasteiger partial charge in [-0.05, 0) is 70.3 Å². The summed E-state index contributed by atoms with van der Waals surface area (Å²) < 4.78 is 7.16. The number of nitrogens with zero attached hydrogens (tertiary/aromatic N) is 4. The average molecular weight is 402 g/mol. The Morgan fingerprint density at radius 3 is 2.59 bits per heavy atom. The molecule has 7 nitrogen and oxygen atoms in total. The van der Waals surface area contributed by atoms with Gasteiger partial charge in [0, 0.05) is 25.7 Å². The summed E-state index contributed by atoms with van der Waals surface area (Å²) in [5, 5.41) is 8.41. The summed E-state index contributed by atoms with van der Waals surface area (Å²) in [5.41, 5.74) is 3.99. The number of nitrogens with one attached hydrogen (secondary N) is 1. The standard InChI is InChI=1S/C22H35N5O2/c1-16-18(17(2)24-21-20(16)22(29-4)25-26(21)3)10-11-19(28)23-12-9-15-27-13-7-5-6-8-14-27/h5-15H2,1-4H3,(H,23,28). The smallest absolute Gasteiger partial charge is 0.242 e. The zero-order chi connectivity index (χ0) is 20.8. The minimum atomic E-state index is 0.109. The lowest BCUT2D eigenvalue weighted by Gasteiger charge is -2.19. The van der Waals surface area contributed by atoms with Gasteiger partial charge in [-0.15, -0.1) is 5.10 Å². The summed E-state index contributed by atoms with van der Waals surface area (Å²) in [6, 6.07) is 0. The molecule has 160 valence electrons. The number of carbonyl (C=O) groups excluding carboxylic acids is 1. The molecule has 7 heteroatoms. The highest BCUT2D eigenvalue weighted by molar-refractivity contribution is 5.86. The maximum Gasteiger partial charge on any atom is 0.242 e. The highest BCUT2D eigenvalue weighted by atomic mass is 16.5. The predicted molar refractivity (Wildman–Crippen MR) is 115 cm³/mol. The molecule has 2 aromatic rings. The van der Waals surface area contributed by atoms with E-state index in [1.807, 2.05) is 14.0 Å². The highest BCUT2D eigenvalue weighted by Crippen LogP contribution is 2.30. The van der Waals surface area contributed by atoms with Crippen LogP contribution in [-0.4, -0.2) is 58.9 Å². The van der Waals surface area contributed by atoms with Crippen molar-refractivity contribution in [3.63, 3.8) is 0 Å². The van der Waals surface area contributed by atoms with E-state index in [-0.39, 0.29) is 5.91 Å². The third-order valence-electron chi connectivity index (χ3n) is 5.99. The lowest BCUT2D eigenvalue weighted by molar-refractivity contribution is -0.121. The second-order valence-electron chi connectivity index (χ2n) is 8.09. The minimum Gasteiger partial charge on any atom is -0.479 e. The van der Waals surface area contributed by atoms with E-state index < -0.39 is 0 Å². The van der Waals surface area contributed by atoms with Crippen LogP contribution < -0.4 is 10.1 Å². The second-order valence-corrected chi connectivity index (χ2v) is 8.09. The molecular formula is C22H35N5O2. The number of methoxy groups -OCH3 is 1. The Balaban J connectivity index is 1.51. The SMILES string of the molecule is COc1nn(C)c2nc(C)c(CCC(=O)NCCCN3CCCCCC3)c(C)c12. The lowest BCUT2D eigenvalue weighted by atomic mass is 10.00. The van der Waals surface area contributed by atoms with E-state index >= 15 is 0 Å². The molecule has 3 rings (SSSR count). The molecule has 0 spiro atoms. The minimum absolute atomic E-state index is 0.109. The van der Waals surface area contributed by atoms with E-state index in [0.29, 0.717) is 18.7 Å². The maximum atomic E-state index is 12.3. The van der Waals surface area contributed by atoms with Gasteiger partial charge in [0.15, 0.2) is 5.65 Å². The number of pyridine rings is 1. The van der Waals surface area contributed by atoms with Gasteiger partial charge in [-0.25, -0.2) is 9.67 Å². The molecule has 1 amide bonds. The molecular weight excluding hydrogens is 366 g/mol. The first-order valence-corrected chi connectivity index (χ1v) is 10.9. The Morgan fingerprint density at radius 1 is 1.17 bits per heavy atom. The van der Waals surface area contributed by atoms with E-state index in [1.54, 1.807) is 11.8 Å². The van der Waals surface area contributed by atoms with Crippen LogP contribution in [0.1, 0.15) is 55.3 Å². The van der Waals surface area contributed by atoms with Crippen LogP contribution in [0.25, 0.3) is 11.0 Å². The quantitative estimate of drug-likeness (QED) is 0.689. The maximum absolute atomic E-state index is 12.3. The van der Waals surface area contributed by atoms with Crippen LogP contribution in [0.15, 0.2) is 0 Å². The van der Waals surface area contributed by atoms with Crippen LogP contribution in [0.3, 0.4) is 0 Å². The van der Waals surface area contributed by atoms with Gasteiger partial charge in [0.25, 0.3) is 0 Å². The molecule has 1 fully saturated rings. The van der Waals surface area contributed by atoms with Crippen LogP contribution in [-0.2, 0) is 18.3 Å². The number of aromatic nitrogens is 3. The molecule has 0 aliphatic carbocycles. The number of hydrogen-bond acceptors (Lipinski definition) is 5. The van der Waals surface area contributed by atoms with Gasteiger partial charge in [0.2, 0.25) is 11.8 Å². The van der Waals surface area contributed by atoms with Crippen molar-refractivity contribution < 1.29 is 9.53 Å². The van der Waals surface area contributed by atoms with Crippen LogP contribution >= 0.6 is 0 Å². The molecule has 2 aromatic heterocycles. The Morgan fingerprint density at radius 2 is 1.90 bits per heavy atom. The number of aryl methyl sites for hydroxylation is 3. The van der Waals surface area contributed by atoms with E-state index in [1.165, 1.54) is 38.8 Å². The van der Waals surface area contributed by atoms with Gasteiger partial charge in [-0.2, -0.15) is 0 Å². The Hall–Kier alpha value is -2.15. The number of carbonyl (C=O) groups is 1. The van der Waals surface area contributed by atoms with Gasteiger partial charge in [0.05, 0.1) is 12.5 Å².